The van der Waals surface area contributed by atoms with Crippen LogP contribution in [-0.4, -0.2) is 72.9 Å². The minimum absolute atomic E-state index is 0.355. The number of quaternary nitrogens is 1. The van der Waals surface area contributed by atoms with E-state index < -0.39 is 14.9 Å². The number of unbranched alkanes of at least 4 members (excludes halogenated alkanes) is 1. The van der Waals surface area contributed by atoms with Crippen LogP contribution in [0, 0.1) is 0 Å². The number of rotatable bonds is 19. The van der Waals surface area contributed by atoms with Gasteiger partial charge in [0, 0.05) is 48.3 Å². The molecule has 0 radical (unpaired) electrons. The van der Waals surface area contributed by atoms with E-state index in [1.807, 2.05) is 13.8 Å². The summed E-state index contributed by atoms with van der Waals surface area (Å²) >= 11 is 18.7. The molecule has 0 unspecified atom stereocenters. The van der Waals surface area contributed by atoms with Gasteiger partial charge in [0.25, 0.3) is 0 Å². The molecule has 0 aliphatic rings. The molecule has 1 amide bonds. The molecule has 0 bridgehead atoms. The molecule has 0 aromatic heterocycles. The summed E-state index contributed by atoms with van der Waals surface area (Å²) < 4.78 is 31.0. The number of hydrogen-bond acceptors (Lipinski definition) is 6. The van der Waals surface area contributed by atoms with Gasteiger partial charge in [0.15, 0.2) is 11.5 Å². The molecular formula is C29H44Cl3N2O6Si+. The first-order chi connectivity index (χ1) is 19.5. The molecule has 0 fully saturated rings. The maximum absolute atomic E-state index is 12.2. The van der Waals surface area contributed by atoms with Crippen molar-refractivity contribution in [2.24, 2.45) is 0 Å². The van der Waals surface area contributed by atoms with Crippen molar-refractivity contribution in [1.82, 2.24) is 5.32 Å². The molecule has 2 aromatic rings. The van der Waals surface area contributed by atoms with E-state index in [9.17, 15) is 4.79 Å². The molecule has 8 nitrogen and oxygen atoms in total. The number of carbonyl (C=O) groups excluding carboxylic acids is 1. The Morgan fingerprint density at radius 3 is 2.12 bits per heavy atom. The smallest absolute Gasteiger partial charge is 0.497 e. The number of halogens is 3. The van der Waals surface area contributed by atoms with Crippen molar-refractivity contribution >= 4 is 49.7 Å². The Bertz CT molecular complexity index is 1090. The first kappa shape index (κ1) is 35.5. The number of alkyl carbamates (subject to hydrolysis) is 1. The highest BCUT2D eigenvalue weighted by Crippen LogP contribution is 2.39. The molecule has 0 aliphatic heterocycles. The number of ether oxygens (including phenoxy) is 2. The predicted molar refractivity (Wildman–Crippen MR) is 168 cm³/mol. The van der Waals surface area contributed by atoms with Crippen LogP contribution < -0.4 is 14.5 Å². The summed E-state index contributed by atoms with van der Waals surface area (Å²) in [5.74, 6) is 1.17. The van der Waals surface area contributed by atoms with E-state index in [4.69, 9.17) is 57.6 Å². The Morgan fingerprint density at radius 2 is 1.49 bits per heavy atom. The van der Waals surface area contributed by atoms with Crippen molar-refractivity contribution < 1.29 is 32.0 Å². The Labute approximate surface area is 261 Å². The highest BCUT2D eigenvalue weighted by molar-refractivity contribution is 6.61. The maximum Gasteiger partial charge on any atom is 0.566 e. The second-order valence-corrected chi connectivity index (χ2v) is 14.1. The summed E-state index contributed by atoms with van der Waals surface area (Å²) in [7, 11) is 1.16. The van der Waals surface area contributed by atoms with Gasteiger partial charge in [-0.3, -0.25) is 0 Å². The topological polar surface area (TPSA) is 75.3 Å². The van der Waals surface area contributed by atoms with Gasteiger partial charge in [-0.15, -0.1) is 0 Å². The number of amides is 1. The zero-order valence-electron chi connectivity index (χ0n) is 24.8. The molecular weight excluding hydrogens is 607 g/mol. The van der Waals surface area contributed by atoms with Crippen LogP contribution in [-0.2, 0) is 13.6 Å². The zero-order chi connectivity index (χ0) is 30.3. The number of carbonyl (C=O) groups is 1. The molecule has 0 heterocycles. The van der Waals surface area contributed by atoms with Gasteiger partial charge in [-0.1, -0.05) is 48.1 Å². The number of benzene rings is 2. The van der Waals surface area contributed by atoms with Crippen LogP contribution in [0.3, 0.4) is 0 Å². The monoisotopic (exact) mass is 649 g/mol. The SMILES string of the molecule is CCCC[N+](C)(C)CCCOC(=O)NCCC[Si](OCC)(OCC)Oc1cc(Cl)ccc1Oc1ccc(Cl)cc1Cl. The van der Waals surface area contributed by atoms with Crippen molar-refractivity contribution in [2.45, 2.75) is 52.5 Å². The number of nitrogens with zero attached hydrogens (tertiary/aromatic N) is 1. The molecule has 0 aliphatic carbocycles. The van der Waals surface area contributed by atoms with Gasteiger partial charge in [0.2, 0.25) is 0 Å². The highest BCUT2D eigenvalue weighted by Gasteiger charge is 2.43. The molecule has 0 saturated carbocycles. The van der Waals surface area contributed by atoms with Crippen molar-refractivity contribution in [3.05, 3.63) is 51.5 Å². The Kier molecular flexibility index (Phi) is 15.6. The molecule has 0 atom stereocenters. The van der Waals surface area contributed by atoms with Gasteiger partial charge in [-0.2, -0.15) is 0 Å². The molecule has 2 rings (SSSR count). The molecule has 0 saturated heterocycles. The van der Waals surface area contributed by atoms with E-state index >= 15 is 0 Å². The van der Waals surface area contributed by atoms with E-state index in [1.165, 1.54) is 12.8 Å². The molecule has 230 valence electrons. The molecule has 2 aromatic carbocycles. The summed E-state index contributed by atoms with van der Waals surface area (Å²) in [5.41, 5.74) is 0. The van der Waals surface area contributed by atoms with Gasteiger partial charge in [0.1, 0.15) is 5.75 Å². The highest BCUT2D eigenvalue weighted by atomic mass is 35.5. The van der Waals surface area contributed by atoms with Crippen LogP contribution in [0.25, 0.3) is 0 Å². The summed E-state index contributed by atoms with van der Waals surface area (Å²) in [4.78, 5) is 12.2. The maximum atomic E-state index is 12.2. The number of hydrogen-bond donors (Lipinski definition) is 1. The van der Waals surface area contributed by atoms with E-state index in [2.05, 4.69) is 26.3 Å². The van der Waals surface area contributed by atoms with Crippen molar-refractivity contribution in [1.29, 1.82) is 0 Å². The lowest BCUT2D eigenvalue weighted by Gasteiger charge is -2.30. The quantitative estimate of drug-likeness (QED) is 0.0938. The van der Waals surface area contributed by atoms with Crippen molar-refractivity contribution in [3.8, 4) is 17.2 Å². The van der Waals surface area contributed by atoms with Crippen LogP contribution in [0.2, 0.25) is 21.1 Å². The lowest BCUT2D eigenvalue weighted by molar-refractivity contribution is -0.890. The summed E-state index contributed by atoms with van der Waals surface area (Å²) in [6, 6.07) is 10.4. The van der Waals surface area contributed by atoms with Gasteiger partial charge >= 0.3 is 14.9 Å². The second kappa shape index (κ2) is 18.1. The first-order valence-corrected chi connectivity index (χ1v) is 17.2. The van der Waals surface area contributed by atoms with Gasteiger partial charge in [-0.25, -0.2) is 4.79 Å². The lowest BCUT2D eigenvalue weighted by Crippen LogP contribution is -2.49. The Balaban J connectivity index is 1.99. The fourth-order valence-electron chi connectivity index (χ4n) is 4.13. The Hall–Kier alpha value is -1.72. The third kappa shape index (κ3) is 13.0. The minimum atomic E-state index is -3.25. The predicted octanol–water partition coefficient (Wildman–Crippen LogP) is 8.21. The summed E-state index contributed by atoms with van der Waals surface area (Å²) in [6.07, 6.45) is 3.30. The van der Waals surface area contributed by atoms with Crippen molar-refractivity contribution in [2.75, 3.05) is 53.6 Å². The largest absolute Gasteiger partial charge is 0.566 e. The average molecular weight is 651 g/mol. The second-order valence-electron chi connectivity index (χ2n) is 10.2. The summed E-state index contributed by atoms with van der Waals surface area (Å²) in [6.45, 7) is 9.56. The molecule has 0 spiro atoms. The summed E-state index contributed by atoms with van der Waals surface area (Å²) in [5, 5.41) is 4.13. The van der Waals surface area contributed by atoms with Crippen LogP contribution in [0.15, 0.2) is 36.4 Å². The Morgan fingerprint density at radius 1 is 0.854 bits per heavy atom. The zero-order valence-corrected chi connectivity index (χ0v) is 28.0. The van der Waals surface area contributed by atoms with Crippen LogP contribution in [0.5, 0.6) is 17.2 Å². The van der Waals surface area contributed by atoms with Crippen LogP contribution >= 0.6 is 34.8 Å². The minimum Gasteiger partial charge on any atom is -0.497 e. The molecule has 1 N–H and O–H groups in total. The van der Waals surface area contributed by atoms with Gasteiger partial charge < -0.3 is 32.6 Å². The van der Waals surface area contributed by atoms with Crippen LogP contribution in [0.4, 0.5) is 4.79 Å². The fraction of sp³-hybridized carbons (Fsp3) is 0.552. The van der Waals surface area contributed by atoms with E-state index in [-0.39, 0.29) is 0 Å². The standard InChI is InChI=1S/C29H43Cl3N2O6Si/c1-6-9-17-34(4,5)18-11-19-36-29(35)33-16-10-20-41(37-7-2,38-8-3)40-28-22-24(31)13-15-27(28)39-26-14-12-23(30)21-25(26)32/h12-15,21-22H,6-11,16-20H2,1-5H3/p+1. The third-order valence-electron chi connectivity index (χ3n) is 6.20. The first-order valence-electron chi connectivity index (χ1n) is 14.1. The van der Waals surface area contributed by atoms with E-state index in [1.54, 1.807) is 36.4 Å². The lowest BCUT2D eigenvalue weighted by atomic mass is 10.3. The van der Waals surface area contributed by atoms with Crippen LogP contribution in [0.1, 0.15) is 46.5 Å². The fourth-order valence-corrected chi connectivity index (χ4v) is 7.31. The van der Waals surface area contributed by atoms with E-state index in [0.29, 0.717) is 71.1 Å². The molecule has 12 heteroatoms. The van der Waals surface area contributed by atoms with Gasteiger partial charge in [-0.05, 0) is 57.0 Å². The third-order valence-corrected chi connectivity index (χ3v) is 9.92. The van der Waals surface area contributed by atoms with Crippen molar-refractivity contribution in [3.63, 3.8) is 0 Å². The molecule has 41 heavy (non-hydrogen) atoms. The number of nitrogens with one attached hydrogen (secondary N) is 1. The van der Waals surface area contributed by atoms with E-state index in [0.717, 1.165) is 24.0 Å². The average Bonchev–Trinajstić information content (AvgIpc) is 2.91. The van der Waals surface area contributed by atoms with Gasteiger partial charge in [0.05, 0.1) is 38.8 Å². The normalized spacial score (nSPS) is 11.8.